The molecule has 0 saturated heterocycles. The predicted octanol–water partition coefficient (Wildman–Crippen LogP) is 5.23. The number of pyridine rings is 1. The van der Waals surface area contributed by atoms with E-state index in [2.05, 4.69) is 15.2 Å². The molecule has 10 heteroatoms. The summed E-state index contributed by atoms with van der Waals surface area (Å²) < 4.78 is 40.0. The molecule has 0 unspecified atom stereocenters. The second-order valence-corrected chi connectivity index (χ2v) is 7.65. The highest BCUT2D eigenvalue weighted by Crippen LogP contribution is 2.31. The minimum atomic E-state index is -4.40. The van der Waals surface area contributed by atoms with Crippen molar-refractivity contribution in [2.24, 2.45) is 0 Å². The van der Waals surface area contributed by atoms with E-state index in [1.165, 1.54) is 22.2 Å². The lowest BCUT2D eigenvalue weighted by atomic mass is 10.3. The Morgan fingerprint density at radius 1 is 1.12 bits per heavy atom. The Labute approximate surface area is 152 Å². The zero-order chi connectivity index (χ0) is 17.4. The lowest BCUT2D eigenvalue weighted by Gasteiger charge is -2.07. The highest BCUT2D eigenvalue weighted by Gasteiger charge is 2.31. The second-order valence-electron chi connectivity index (χ2n) is 5.07. The van der Waals surface area contributed by atoms with E-state index < -0.39 is 11.7 Å². The highest BCUT2D eigenvalue weighted by atomic mass is 32.2. The minimum Gasteiger partial charge on any atom is -0.277 e. The van der Waals surface area contributed by atoms with Crippen LogP contribution in [0, 0.1) is 0 Å². The van der Waals surface area contributed by atoms with Gasteiger partial charge < -0.3 is 0 Å². The molecular formula is C15H9F3N4S3. The Hall–Kier alpha value is -1.91. The number of aromatic nitrogens is 4. The Kier molecular flexibility index (Phi) is 4.26. The number of thiazole rings is 1. The zero-order valence-corrected chi connectivity index (χ0v) is 14.8. The average molecular weight is 398 g/mol. The molecule has 0 aliphatic carbocycles. The first kappa shape index (κ1) is 16.6. The maximum Gasteiger partial charge on any atom is 0.417 e. The Bertz CT molecular complexity index is 1000. The molecule has 0 spiro atoms. The molecule has 4 aromatic rings. The van der Waals surface area contributed by atoms with Crippen LogP contribution in [0.25, 0.3) is 16.2 Å². The normalized spacial score (nSPS) is 12.1. The Morgan fingerprint density at radius 2 is 2.00 bits per heavy atom. The van der Waals surface area contributed by atoms with Gasteiger partial charge in [0.05, 0.1) is 11.3 Å². The standard InChI is InChI=1S/C15H9F3N4S3/c16-15(17,18)10-1-2-12-20-21-14(22(12)5-10)25-8-11-7-24-13(19-11)9-3-4-23-6-9/h1-7H,8H2. The fourth-order valence-corrected chi connectivity index (χ4v) is 4.61. The monoisotopic (exact) mass is 398 g/mol. The van der Waals surface area contributed by atoms with Gasteiger partial charge >= 0.3 is 6.18 Å². The van der Waals surface area contributed by atoms with Crippen LogP contribution in [0.4, 0.5) is 13.2 Å². The summed E-state index contributed by atoms with van der Waals surface area (Å²) in [5, 5.41) is 15.2. The van der Waals surface area contributed by atoms with Crippen molar-refractivity contribution < 1.29 is 13.2 Å². The highest BCUT2D eigenvalue weighted by molar-refractivity contribution is 7.98. The molecule has 4 nitrogen and oxygen atoms in total. The van der Waals surface area contributed by atoms with Crippen LogP contribution < -0.4 is 0 Å². The van der Waals surface area contributed by atoms with E-state index in [-0.39, 0.29) is 0 Å². The second kappa shape index (κ2) is 6.43. The van der Waals surface area contributed by atoms with E-state index in [0.29, 0.717) is 16.6 Å². The number of thioether (sulfide) groups is 1. The molecule has 4 rings (SSSR count). The number of nitrogens with zero attached hydrogens (tertiary/aromatic N) is 4. The van der Waals surface area contributed by atoms with Gasteiger partial charge in [0.15, 0.2) is 10.8 Å². The number of halogens is 3. The fraction of sp³-hybridized carbons (Fsp3) is 0.133. The van der Waals surface area contributed by atoms with E-state index in [1.54, 1.807) is 22.7 Å². The van der Waals surface area contributed by atoms with Crippen molar-refractivity contribution in [3.05, 3.63) is 51.8 Å². The first-order chi connectivity index (χ1) is 12.0. The first-order valence-electron chi connectivity index (χ1n) is 7.02. The molecule has 128 valence electrons. The van der Waals surface area contributed by atoms with Crippen molar-refractivity contribution in [3.8, 4) is 10.6 Å². The molecule has 4 aromatic heterocycles. The molecule has 0 fully saturated rings. The van der Waals surface area contributed by atoms with Gasteiger partial charge in [-0.05, 0) is 23.6 Å². The topological polar surface area (TPSA) is 43.1 Å². The van der Waals surface area contributed by atoms with Crippen LogP contribution in [0.1, 0.15) is 11.3 Å². The van der Waals surface area contributed by atoms with Gasteiger partial charge in [0.25, 0.3) is 0 Å². The third-order valence-corrected chi connectivity index (χ3v) is 5.97. The first-order valence-corrected chi connectivity index (χ1v) is 9.83. The molecule has 0 aromatic carbocycles. The van der Waals surface area contributed by atoms with Crippen molar-refractivity contribution in [1.29, 1.82) is 0 Å². The summed E-state index contributed by atoms with van der Waals surface area (Å²) in [7, 11) is 0. The van der Waals surface area contributed by atoms with Crippen molar-refractivity contribution in [3.63, 3.8) is 0 Å². The van der Waals surface area contributed by atoms with Gasteiger partial charge in [-0.2, -0.15) is 24.5 Å². The lowest BCUT2D eigenvalue weighted by molar-refractivity contribution is -0.137. The molecule has 0 atom stereocenters. The van der Waals surface area contributed by atoms with Crippen LogP contribution in [-0.4, -0.2) is 19.6 Å². The summed E-state index contributed by atoms with van der Waals surface area (Å²) in [5.74, 6) is 0.512. The van der Waals surface area contributed by atoms with Gasteiger partial charge in [0.2, 0.25) is 0 Å². The molecule has 0 bridgehead atoms. The largest absolute Gasteiger partial charge is 0.417 e. The predicted molar refractivity (Wildman–Crippen MR) is 93.0 cm³/mol. The quantitative estimate of drug-likeness (QED) is 0.442. The number of alkyl halides is 3. The van der Waals surface area contributed by atoms with Gasteiger partial charge in [-0.25, -0.2) is 4.98 Å². The third-order valence-electron chi connectivity index (χ3n) is 3.37. The zero-order valence-electron chi connectivity index (χ0n) is 12.4. The van der Waals surface area contributed by atoms with Gasteiger partial charge in [0.1, 0.15) is 5.01 Å². The minimum absolute atomic E-state index is 0.382. The average Bonchev–Trinajstić information content (AvgIpc) is 3.31. The number of hydrogen-bond donors (Lipinski definition) is 0. The van der Waals surface area contributed by atoms with Crippen LogP contribution >= 0.6 is 34.4 Å². The van der Waals surface area contributed by atoms with Gasteiger partial charge in [-0.3, -0.25) is 4.40 Å². The van der Waals surface area contributed by atoms with Crippen molar-refractivity contribution >= 4 is 40.1 Å². The molecular weight excluding hydrogens is 389 g/mol. The molecule has 0 radical (unpaired) electrons. The van der Waals surface area contributed by atoms with Gasteiger partial charge in [-0.15, -0.1) is 21.5 Å². The molecule has 0 aliphatic heterocycles. The number of thiophene rings is 1. The Balaban J connectivity index is 1.55. The maximum atomic E-state index is 12.9. The Morgan fingerprint density at radius 3 is 2.76 bits per heavy atom. The third kappa shape index (κ3) is 3.42. The SMILES string of the molecule is FC(F)(F)c1ccc2nnc(SCc3csc(-c4ccsc4)n3)n2c1. The number of rotatable bonds is 4. The van der Waals surface area contributed by atoms with E-state index >= 15 is 0 Å². The summed E-state index contributed by atoms with van der Waals surface area (Å²) in [5.41, 5.74) is 1.59. The number of fused-ring (bicyclic) bond motifs is 1. The molecule has 0 aliphatic rings. The van der Waals surface area contributed by atoms with Gasteiger partial charge in [-0.1, -0.05) is 11.8 Å². The van der Waals surface area contributed by atoms with E-state index in [0.717, 1.165) is 28.5 Å². The van der Waals surface area contributed by atoms with Gasteiger partial charge in [0, 0.05) is 28.3 Å². The molecule has 0 saturated carbocycles. The van der Waals surface area contributed by atoms with Crippen molar-refractivity contribution in [2.75, 3.05) is 0 Å². The van der Waals surface area contributed by atoms with Crippen LogP contribution in [0.3, 0.4) is 0 Å². The van der Waals surface area contributed by atoms with Crippen LogP contribution in [0.15, 0.2) is 45.7 Å². The van der Waals surface area contributed by atoms with Crippen LogP contribution in [-0.2, 0) is 11.9 Å². The smallest absolute Gasteiger partial charge is 0.277 e. The summed E-state index contributed by atoms with van der Waals surface area (Å²) in [6, 6.07) is 4.33. The van der Waals surface area contributed by atoms with Crippen LogP contribution in [0.5, 0.6) is 0 Å². The summed E-state index contributed by atoms with van der Waals surface area (Å²) in [6.07, 6.45) is -3.37. The molecule has 0 N–H and O–H groups in total. The molecule has 25 heavy (non-hydrogen) atoms. The number of hydrogen-bond acceptors (Lipinski definition) is 6. The molecule has 4 heterocycles. The summed E-state index contributed by atoms with van der Waals surface area (Å²) in [4.78, 5) is 4.56. The van der Waals surface area contributed by atoms with E-state index in [1.807, 2.05) is 22.2 Å². The van der Waals surface area contributed by atoms with E-state index in [4.69, 9.17) is 0 Å². The maximum absolute atomic E-state index is 12.9. The van der Waals surface area contributed by atoms with Crippen molar-refractivity contribution in [2.45, 2.75) is 17.1 Å². The molecule has 0 amide bonds. The van der Waals surface area contributed by atoms with Crippen molar-refractivity contribution in [1.82, 2.24) is 19.6 Å². The lowest BCUT2D eigenvalue weighted by Crippen LogP contribution is -2.06. The summed E-state index contributed by atoms with van der Waals surface area (Å²) >= 11 is 4.46. The van der Waals surface area contributed by atoms with Crippen LogP contribution in [0.2, 0.25) is 0 Å². The van der Waals surface area contributed by atoms with E-state index in [9.17, 15) is 13.2 Å². The fourth-order valence-electron chi connectivity index (χ4n) is 2.17. The summed E-state index contributed by atoms with van der Waals surface area (Å²) in [6.45, 7) is 0.